The van der Waals surface area contributed by atoms with Gasteiger partial charge in [-0.1, -0.05) is 42.7 Å². The second kappa shape index (κ2) is 7.01. The fraction of sp³-hybridized carbons (Fsp3) is 0.611. The summed E-state index contributed by atoms with van der Waals surface area (Å²) < 4.78 is 0. The summed E-state index contributed by atoms with van der Waals surface area (Å²) >= 11 is 0. The molecule has 1 heterocycles. The van der Waals surface area contributed by atoms with Crippen LogP contribution in [0.1, 0.15) is 43.2 Å². The molecule has 0 spiro atoms. The molecule has 1 atom stereocenters. The van der Waals surface area contributed by atoms with Gasteiger partial charge in [0.15, 0.2) is 0 Å². The Morgan fingerprint density at radius 3 is 2.68 bits per heavy atom. The average Bonchev–Trinajstić information content (AvgIpc) is 3.16. The number of hydrogen-bond donors (Lipinski definition) is 1. The third-order valence-electron chi connectivity index (χ3n) is 5.34. The number of carbonyl (C=O) groups excluding carboxylic acids is 1. The molecular formula is C18H27ClN2O. The summed E-state index contributed by atoms with van der Waals surface area (Å²) in [6.07, 6.45) is 5.38. The molecule has 22 heavy (non-hydrogen) atoms. The first-order valence-electron chi connectivity index (χ1n) is 8.22. The zero-order valence-corrected chi connectivity index (χ0v) is 14.2. The third kappa shape index (κ3) is 3.02. The van der Waals surface area contributed by atoms with Crippen LogP contribution in [0.25, 0.3) is 0 Å². The Bertz CT molecular complexity index is 526. The Balaban J connectivity index is 0.00000176. The van der Waals surface area contributed by atoms with E-state index in [1.54, 1.807) is 0 Å². The van der Waals surface area contributed by atoms with Crippen molar-refractivity contribution in [3.05, 3.63) is 35.4 Å². The van der Waals surface area contributed by atoms with Gasteiger partial charge in [-0.3, -0.25) is 4.79 Å². The summed E-state index contributed by atoms with van der Waals surface area (Å²) in [5, 5.41) is 0. The zero-order chi connectivity index (χ0) is 14.9. The first kappa shape index (κ1) is 17.3. The van der Waals surface area contributed by atoms with Crippen LogP contribution in [0.5, 0.6) is 0 Å². The molecule has 3 nitrogen and oxygen atoms in total. The van der Waals surface area contributed by atoms with Gasteiger partial charge in [0.25, 0.3) is 0 Å². The maximum atomic E-state index is 13.2. The van der Waals surface area contributed by atoms with E-state index in [4.69, 9.17) is 5.73 Å². The van der Waals surface area contributed by atoms with E-state index < -0.39 is 0 Å². The predicted octanol–water partition coefficient (Wildman–Crippen LogP) is 3.04. The Morgan fingerprint density at radius 1 is 1.36 bits per heavy atom. The van der Waals surface area contributed by atoms with Crippen LogP contribution in [-0.4, -0.2) is 30.4 Å². The van der Waals surface area contributed by atoms with Crippen LogP contribution >= 0.6 is 12.4 Å². The van der Waals surface area contributed by atoms with Crippen molar-refractivity contribution in [1.82, 2.24) is 4.90 Å². The molecule has 0 bridgehead atoms. The van der Waals surface area contributed by atoms with Crippen LogP contribution in [0.15, 0.2) is 24.3 Å². The van der Waals surface area contributed by atoms with E-state index in [0.29, 0.717) is 18.4 Å². The van der Waals surface area contributed by atoms with Gasteiger partial charge in [0, 0.05) is 13.1 Å². The summed E-state index contributed by atoms with van der Waals surface area (Å²) in [5.74, 6) is 0.839. The Hall–Kier alpha value is -1.06. The minimum Gasteiger partial charge on any atom is -0.342 e. The molecule has 1 saturated heterocycles. The summed E-state index contributed by atoms with van der Waals surface area (Å²) in [6, 6.07) is 8.55. The smallest absolute Gasteiger partial charge is 0.233 e. The Labute approximate surface area is 139 Å². The van der Waals surface area contributed by atoms with Crippen molar-refractivity contribution in [1.29, 1.82) is 0 Å². The lowest BCUT2D eigenvalue weighted by atomic mass is 9.77. The molecule has 1 aliphatic heterocycles. The molecule has 1 unspecified atom stereocenters. The molecular weight excluding hydrogens is 296 g/mol. The van der Waals surface area contributed by atoms with Crippen LogP contribution in [0.4, 0.5) is 0 Å². The molecule has 2 N–H and O–H groups in total. The molecule has 2 fully saturated rings. The van der Waals surface area contributed by atoms with Gasteiger partial charge >= 0.3 is 0 Å². The number of aryl methyl sites for hydroxylation is 1. The molecule has 4 heteroatoms. The number of carbonyl (C=O) groups is 1. The number of nitrogens with zero attached hydrogens (tertiary/aromatic N) is 1. The maximum Gasteiger partial charge on any atom is 0.233 e. The van der Waals surface area contributed by atoms with Crippen molar-refractivity contribution >= 4 is 18.3 Å². The second-order valence-electron chi connectivity index (χ2n) is 6.80. The number of benzene rings is 1. The average molecular weight is 323 g/mol. The molecule has 1 amide bonds. The lowest BCUT2D eigenvalue weighted by Crippen LogP contribution is -2.44. The minimum absolute atomic E-state index is 0. The largest absolute Gasteiger partial charge is 0.342 e. The fourth-order valence-electron chi connectivity index (χ4n) is 4.06. The highest BCUT2D eigenvalue weighted by atomic mass is 35.5. The molecule has 1 aliphatic carbocycles. The van der Waals surface area contributed by atoms with Crippen molar-refractivity contribution in [2.45, 2.75) is 44.4 Å². The predicted molar refractivity (Wildman–Crippen MR) is 92.3 cm³/mol. The normalized spacial score (nSPS) is 23.4. The van der Waals surface area contributed by atoms with E-state index in [0.717, 1.165) is 45.2 Å². The summed E-state index contributed by atoms with van der Waals surface area (Å²) in [7, 11) is 0. The summed E-state index contributed by atoms with van der Waals surface area (Å²) in [4.78, 5) is 15.3. The van der Waals surface area contributed by atoms with Gasteiger partial charge in [0.1, 0.15) is 0 Å². The van der Waals surface area contributed by atoms with Crippen molar-refractivity contribution in [2.75, 3.05) is 19.6 Å². The molecule has 2 aliphatic rings. The molecule has 0 aromatic heterocycles. The minimum atomic E-state index is -0.268. The van der Waals surface area contributed by atoms with Gasteiger partial charge in [-0.05, 0) is 44.2 Å². The van der Waals surface area contributed by atoms with Gasteiger partial charge in [-0.15, -0.1) is 12.4 Å². The molecule has 3 rings (SSSR count). The van der Waals surface area contributed by atoms with Gasteiger partial charge in [-0.25, -0.2) is 0 Å². The van der Waals surface area contributed by atoms with Crippen LogP contribution in [-0.2, 0) is 10.2 Å². The molecule has 0 radical (unpaired) electrons. The topological polar surface area (TPSA) is 46.3 Å². The van der Waals surface area contributed by atoms with Crippen molar-refractivity contribution in [3.8, 4) is 0 Å². The lowest BCUT2D eigenvalue weighted by molar-refractivity contribution is -0.136. The van der Waals surface area contributed by atoms with E-state index in [1.165, 1.54) is 11.1 Å². The van der Waals surface area contributed by atoms with Crippen LogP contribution in [0.3, 0.4) is 0 Å². The highest BCUT2D eigenvalue weighted by Gasteiger charge is 2.46. The van der Waals surface area contributed by atoms with Crippen LogP contribution in [0.2, 0.25) is 0 Å². The number of hydrogen-bond acceptors (Lipinski definition) is 2. The first-order valence-corrected chi connectivity index (χ1v) is 8.22. The van der Waals surface area contributed by atoms with Gasteiger partial charge < -0.3 is 10.6 Å². The van der Waals surface area contributed by atoms with Crippen LogP contribution in [0, 0.1) is 12.8 Å². The number of likely N-dealkylation sites (tertiary alicyclic amines) is 1. The van der Waals surface area contributed by atoms with E-state index in [9.17, 15) is 4.79 Å². The first-order chi connectivity index (χ1) is 10.2. The number of halogens is 1. The third-order valence-corrected chi connectivity index (χ3v) is 5.34. The quantitative estimate of drug-likeness (QED) is 0.929. The molecule has 1 saturated carbocycles. The zero-order valence-electron chi connectivity index (χ0n) is 13.4. The van der Waals surface area contributed by atoms with Gasteiger partial charge in [0.2, 0.25) is 5.91 Å². The molecule has 122 valence electrons. The highest BCUT2D eigenvalue weighted by Crippen LogP contribution is 2.43. The van der Waals surface area contributed by atoms with Gasteiger partial charge in [-0.2, -0.15) is 0 Å². The standard InChI is InChI=1S/C18H26N2O.ClH/c1-14-5-4-6-16(11-14)18(8-2-3-9-18)17(21)20-10-7-15(12-19)13-20;/h4-6,11,15H,2-3,7-10,12-13,19H2,1H3;1H. The van der Waals surface area contributed by atoms with Crippen molar-refractivity contribution < 1.29 is 4.79 Å². The van der Waals surface area contributed by atoms with Gasteiger partial charge in [0.05, 0.1) is 5.41 Å². The second-order valence-corrected chi connectivity index (χ2v) is 6.80. The van der Waals surface area contributed by atoms with Crippen molar-refractivity contribution in [2.24, 2.45) is 11.7 Å². The maximum absolute atomic E-state index is 13.2. The Morgan fingerprint density at radius 2 is 2.09 bits per heavy atom. The number of rotatable bonds is 3. The van der Waals surface area contributed by atoms with E-state index in [1.807, 2.05) is 0 Å². The SMILES string of the molecule is Cc1cccc(C2(C(=O)N3CCC(CN)C3)CCCC2)c1.Cl. The molecule has 1 aromatic carbocycles. The van der Waals surface area contributed by atoms with Crippen LogP contribution < -0.4 is 5.73 Å². The monoisotopic (exact) mass is 322 g/mol. The molecule has 1 aromatic rings. The lowest BCUT2D eigenvalue weighted by Gasteiger charge is -2.33. The van der Waals surface area contributed by atoms with E-state index in [-0.39, 0.29) is 17.8 Å². The highest BCUT2D eigenvalue weighted by molar-refractivity contribution is 5.89. The number of amides is 1. The summed E-state index contributed by atoms with van der Waals surface area (Å²) in [5.41, 5.74) is 7.97. The van der Waals surface area contributed by atoms with E-state index in [2.05, 4.69) is 36.1 Å². The van der Waals surface area contributed by atoms with Crippen molar-refractivity contribution in [3.63, 3.8) is 0 Å². The Kier molecular flexibility index (Phi) is 5.51. The summed E-state index contributed by atoms with van der Waals surface area (Å²) in [6.45, 7) is 4.54. The number of nitrogens with two attached hydrogens (primary N) is 1. The fourth-order valence-corrected chi connectivity index (χ4v) is 4.06. The van der Waals surface area contributed by atoms with E-state index >= 15 is 0 Å².